The summed E-state index contributed by atoms with van der Waals surface area (Å²) in [6, 6.07) is 4.21. The van der Waals surface area contributed by atoms with E-state index in [9.17, 15) is 23.9 Å². The van der Waals surface area contributed by atoms with Crippen LogP contribution in [0.5, 0.6) is 5.75 Å². The van der Waals surface area contributed by atoms with E-state index in [1.54, 1.807) is 11.9 Å². The number of carbonyl (C=O) groups is 2. The normalized spacial score (nSPS) is 19.8. The topological polar surface area (TPSA) is 94.9 Å². The van der Waals surface area contributed by atoms with Crippen LogP contribution in [0.15, 0.2) is 23.0 Å². The van der Waals surface area contributed by atoms with Crippen molar-refractivity contribution in [3.63, 3.8) is 0 Å². The smallest absolute Gasteiger partial charge is 0.295 e. The van der Waals surface area contributed by atoms with Crippen molar-refractivity contribution in [2.45, 2.75) is 32.0 Å². The number of aromatic hydroxyl groups is 1. The number of hydrogen-bond acceptors (Lipinski definition) is 5. The number of carbonyl (C=O) groups excluding carboxylic acids is 2. The first kappa shape index (κ1) is 21.9. The van der Waals surface area contributed by atoms with Crippen LogP contribution in [0.25, 0.3) is 0 Å². The van der Waals surface area contributed by atoms with Gasteiger partial charge in [-0.15, -0.1) is 0 Å². The highest BCUT2D eigenvalue weighted by Crippen LogP contribution is 2.46. The van der Waals surface area contributed by atoms with E-state index in [2.05, 4.69) is 5.32 Å². The number of pyridine rings is 1. The molecule has 3 heterocycles. The van der Waals surface area contributed by atoms with Crippen LogP contribution < -0.4 is 10.9 Å². The van der Waals surface area contributed by atoms with Crippen LogP contribution in [-0.4, -0.2) is 58.0 Å². The van der Waals surface area contributed by atoms with Gasteiger partial charge in [0.05, 0.1) is 10.6 Å². The largest absolute Gasteiger partial charge is 0.502 e. The SMILES string of the molecule is CNCCN1C(=O)c2c3c(c(O)c(=O)n2[C@H]1C1CC1)C(=O)N(Cc1ccc(F)c(Cl)c1)CC3. The Morgan fingerprint density at radius 2 is 1.97 bits per heavy atom. The third-order valence-corrected chi connectivity index (χ3v) is 6.96. The molecule has 10 heteroatoms. The van der Waals surface area contributed by atoms with Gasteiger partial charge in [0.1, 0.15) is 17.7 Å². The third-order valence-electron chi connectivity index (χ3n) is 6.67. The predicted octanol–water partition coefficient (Wildman–Crippen LogP) is 2.13. The Labute approximate surface area is 194 Å². The van der Waals surface area contributed by atoms with E-state index < -0.39 is 29.2 Å². The van der Waals surface area contributed by atoms with Gasteiger partial charge in [-0.25, -0.2) is 4.39 Å². The minimum atomic E-state index is -0.707. The number of benzene rings is 1. The van der Waals surface area contributed by atoms with E-state index in [1.807, 2.05) is 0 Å². The van der Waals surface area contributed by atoms with Crippen molar-refractivity contribution in [2.75, 3.05) is 26.7 Å². The van der Waals surface area contributed by atoms with Gasteiger partial charge in [-0.2, -0.15) is 0 Å². The molecule has 8 nitrogen and oxygen atoms in total. The number of nitrogens with zero attached hydrogens (tertiary/aromatic N) is 3. The fourth-order valence-electron chi connectivity index (χ4n) is 4.92. The summed E-state index contributed by atoms with van der Waals surface area (Å²) in [5, 5.41) is 13.8. The number of amides is 2. The molecule has 1 aromatic heterocycles. The van der Waals surface area contributed by atoms with Gasteiger partial charge in [-0.05, 0) is 49.9 Å². The monoisotopic (exact) mass is 474 g/mol. The maximum absolute atomic E-state index is 13.5. The van der Waals surface area contributed by atoms with Crippen molar-refractivity contribution in [3.05, 3.63) is 61.8 Å². The summed E-state index contributed by atoms with van der Waals surface area (Å²) >= 11 is 5.86. The number of nitrogens with one attached hydrogen (secondary N) is 1. The quantitative estimate of drug-likeness (QED) is 0.669. The molecular formula is C23H24ClFN4O4. The Morgan fingerprint density at radius 1 is 1.21 bits per heavy atom. The fraction of sp³-hybridized carbons (Fsp3) is 0.435. The van der Waals surface area contributed by atoms with Crippen LogP contribution >= 0.6 is 11.6 Å². The highest BCUT2D eigenvalue weighted by molar-refractivity contribution is 6.30. The van der Waals surface area contributed by atoms with Crippen LogP contribution in [0.4, 0.5) is 4.39 Å². The zero-order valence-corrected chi connectivity index (χ0v) is 18.9. The molecular weight excluding hydrogens is 451 g/mol. The Balaban J connectivity index is 1.55. The summed E-state index contributed by atoms with van der Waals surface area (Å²) < 4.78 is 14.9. The standard InChI is InChI=1S/C23H24ClFN4O4/c1-26-7-9-28-20(13-3-4-13)29-18(22(28)32)14-6-8-27(21(31)17(14)19(30)23(29)33)11-12-2-5-16(25)15(24)10-12/h2,5,10,13,20,26,30H,3-4,6-9,11H2,1H3/t20-/m0/s1. The minimum Gasteiger partial charge on any atom is -0.502 e. The Kier molecular flexibility index (Phi) is 5.41. The van der Waals surface area contributed by atoms with E-state index >= 15 is 0 Å². The average molecular weight is 475 g/mol. The number of likely N-dealkylation sites (N-methyl/N-ethyl adjacent to an activating group) is 1. The molecule has 0 bridgehead atoms. The van der Waals surface area contributed by atoms with Gasteiger partial charge in [0.2, 0.25) is 0 Å². The summed E-state index contributed by atoms with van der Waals surface area (Å²) in [5.74, 6) is -1.81. The van der Waals surface area contributed by atoms with Crippen molar-refractivity contribution in [1.82, 2.24) is 19.7 Å². The molecule has 1 saturated carbocycles. The number of hydrogen-bond donors (Lipinski definition) is 2. The van der Waals surface area contributed by atoms with E-state index in [-0.39, 0.29) is 34.6 Å². The lowest BCUT2D eigenvalue weighted by Crippen LogP contribution is -2.40. The van der Waals surface area contributed by atoms with E-state index in [0.717, 1.165) is 12.8 Å². The second-order valence-electron chi connectivity index (χ2n) is 8.80. The molecule has 0 saturated heterocycles. The molecule has 174 valence electrons. The van der Waals surface area contributed by atoms with Gasteiger partial charge in [0, 0.05) is 31.7 Å². The van der Waals surface area contributed by atoms with Crippen molar-refractivity contribution in [1.29, 1.82) is 0 Å². The predicted molar refractivity (Wildman–Crippen MR) is 119 cm³/mol. The molecule has 1 fully saturated rings. The second-order valence-corrected chi connectivity index (χ2v) is 9.21. The molecule has 0 radical (unpaired) electrons. The number of fused-ring (bicyclic) bond motifs is 3. The first-order chi connectivity index (χ1) is 15.8. The lowest BCUT2D eigenvalue weighted by molar-refractivity contribution is 0.0669. The van der Waals surface area contributed by atoms with Gasteiger partial charge in [0.15, 0.2) is 5.75 Å². The molecule has 3 aliphatic rings. The molecule has 33 heavy (non-hydrogen) atoms. The van der Waals surface area contributed by atoms with E-state index in [0.29, 0.717) is 37.2 Å². The summed E-state index contributed by atoms with van der Waals surface area (Å²) in [6.07, 6.45) is 1.70. The highest BCUT2D eigenvalue weighted by Gasteiger charge is 2.49. The van der Waals surface area contributed by atoms with Crippen LogP contribution in [0, 0.1) is 11.7 Å². The molecule has 2 N–H and O–H groups in total. The van der Waals surface area contributed by atoms with Crippen LogP contribution in [-0.2, 0) is 13.0 Å². The second kappa shape index (κ2) is 8.14. The first-order valence-corrected chi connectivity index (χ1v) is 11.4. The molecule has 5 rings (SSSR count). The van der Waals surface area contributed by atoms with Crippen molar-refractivity contribution in [2.24, 2.45) is 5.92 Å². The first-order valence-electron chi connectivity index (χ1n) is 11.0. The fourth-order valence-corrected chi connectivity index (χ4v) is 5.13. The van der Waals surface area contributed by atoms with Crippen LogP contribution in [0.2, 0.25) is 5.02 Å². The van der Waals surface area contributed by atoms with Crippen molar-refractivity contribution >= 4 is 23.4 Å². The Bertz CT molecular complexity index is 1230. The molecule has 2 aliphatic heterocycles. The van der Waals surface area contributed by atoms with E-state index in [4.69, 9.17) is 11.6 Å². The lowest BCUT2D eigenvalue weighted by atomic mass is 9.95. The molecule has 2 aromatic rings. The molecule has 2 amide bonds. The maximum atomic E-state index is 13.5. The lowest BCUT2D eigenvalue weighted by Gasteiger charge is -2.30. The van der Waals surface area contributed by atoms with Crippen molar-refractivity contribution in [3.8, 4) is 5.75 Å². The summed E-state index contributed by atoms with van der Waals surface area (Å²) in [7, 11) is 1.79. The Hall–Kier alpha value is -2.91. The maximum Gasteiger partial charge on any atom is 0.295 e. The summed E-state index contributed by atoms with van der Waals surface area (Å²) in [5.41, 5.74) is 0.454. The molecule has 1 atom stereocenters. The zero-order valence-electron chi connectivity index (χ0n) is 18.1. The van der Waals surface area contributed by atoms with Gasteiger partial charge in [-0.1, -0.05) is 17.7 Å². The number of rotatable bonds is 6. The summed E-state index contributed by atoms with van der Waals surface area (Å²) in [4.78, 5) is 43.1. The zero-order chi connectivity index (χ0) is 23.4. The third kappa shape index (κ3) is 3.50. The van der Waals surface area contributed by atoms with Gasteiger partial charge >= 0.3 is 0 Å². The average Bonchev–Trinajstić information content (AvgIpc) is 3.58. The van der Waals surface area contributed by atoms with Crippen LogP contribution in [0.1, 0.15) is 51.0 Å². The van der Waals surface area contributed by atoms with Crippen molar-refractivity contribution < 1.29 is 19.1 Å². The molecule has 1 aliphatic carbocycles. The highest BCUT2D eigenvalue weighted by atomic mass is 35.5. The number of aromatic nitrogens is 1. The Morgan fingerprint density at radius 3 is 2.64 bits per heavy atom. The molecule has 0 spiro atoms. The number of halogens is 2. The molecule has 1 aromatic carbocycles. The van der Waals surface area contributed by atoms with Gasteiger partial charge in [-0.3, -0.25) is 19.0 Å². The molecule has 0 unspecified atom stereocenters. The van der Waals surface area contributed by atoms with Crippen LogP contribution in [0.3, 0.4) is 0 Å². The minimum absolute atomic E-state index is 0.0466. The van der Waals surface area contributed by atoms with Gasteiger partial charge < -0.3 is 20.2 Å². The summed E-state index contributed by atoms with van der Waals surface area (Å²) in [6.45, 7) is 1.43. The van der Waals surface area contributed by atoms with E-state index in [1.165, 1.54) is 27.7 Å². The van der Waals surface area contributed by atoms with Gasteiger partial charge in [0.25, 0.3) is 17.4 Å².